The average Bonchev–Trinajstić information content (AvgIpc) is 2.59. The topological polar surface area (TPSA) is 43.6 Å². The number of pyridine rings is 1. The summed E-state index contributed by atoms with van der Waals surface area (Å²) in [7, 11) is 0. The maximum Gasteiger partial charge on any atom is 0.229 e. The molecule has 90 valence electrons. The molecule has 0 amide bonds. The van der Waals surface area contributed by atoms with Crippen molar-refractivity contribution in [3.8, 4) is 5.69 Å². The highest BCUT2D eigenvalue weighted by Crippen LogP contribution is 2.26. The van der Waals surface area contributed by atoms with E-state index >= 15 is 0 Å². The third kappa shape index (κ3) is 2.31. The second kappa shape index (κ2) is 4.11. The highest BCUT2D eigenvalue weighted by Gasteiger charge is 2.24. The standard InChI is InChI=1S/C12H15ClN4/c1-8-5-9(7-14-6-8)17-10(12(2,3)4)15-16-11(17)13/h5-7H,1-4H3. The van der Waals surface area contributed by atoms with Crippen LogP contribution in [0.5, 0.6) is 0 Å². The third-order valence-corrected chi connectivity index (χ3v) is 2.66. The van der Waals surface area contributed by atoms with Gasteiger partial charge in [0.25, 0.3) is 0 Å². The Morgan fingerprint density at radius 2 is 1.88 bits per heavy atom. The number of nitrogens with zero attached hydrogens (tertiary/aromatic N) is 4. The Kier molecular flexibility index (Phi) is 2.91. The molecule has 0 bridgehead atoms. The smallest absolute Gasteiger partial charge is 0.229 e. The summed E-state index contributed by atoms with van der Waals surface area (Å²) in [6, 6.07) is 2.01. The van der Waals surface area contributed by atoms with Crippen LogP contribution in [0.25, 0.3) is 5.69 Å². The Labute approximate surface area is 106 Å². The van der Waals surface area contributed by atoms with Crippen molar-refractivity contribution in [2.45, 2.75) is 33.1 Å². The third-order valence-electron chi connectivity index (χ3n) is 2.41. The monoisotopic (exact) mass is 250 g/mol. The molecule has 17 heavy (non-hydrogen) atoms. The predicted molar refractivity (Wildman–Crippen MR) is 67.6 cm³/mol. The van der Waals surface area contributed by atoms with Gasteiger partial charge in [-0.2, -0.15) is 0 Å². The van der Waals surface area contributed by atoms with Crippen LogP contribution >= 0.6 is 11.6 Å². The van der Waals surface area contributed by atoms with Crippen molar-refractivity contribution in [3.63, 3.8) is 0 Å². The fourth-order valence-electron chi connectivity index (χ4n) is 1.64. The van der Waals surface area contributed by atoms with Crippen LogP contribution in [0.15, 0.2) is 18.5 Å². The van der Waals surface area contributed by atoms with E-state index in [1.54, 1.807) is 12.4 Å². The Morgan fingerprint density at radius 3 is 2.47 bits per heavy atom. The van der Waals surface area contributed by atoms with Gasteiger partial charge in [-0.05, 0) is 30.2 Å². The van der Waals surface area contributed by atoms with Crippen LogP contribution in [0.4, 0.5) is 0 Å². The van der Waals surface area contributed by atoms with Crippen LogP contribution < -0.4 is 0 Å². The molecule has 0 aliphatic heterocycles. The van der Waals surface area contributed by atoms with E-state index in [0.29, 0.717) is 5.28 Å². The van der Waals surface area contributed by atoms with Gasteiger partial charge in [-0.25, -0.2) is 0 Å². The number of aryl methyl sites for hydroxylation is 1. The van der Waals surface area contributed by atoms with Gasteiger partial charge in [-0.3, -0.25) is 9.55 Å². The lowest BCUT2D eigenvalue weighted by atomic mass is 9.95. The van der Waals surface area contributed by atoms with E-state index in [0.717, 1.165) is 17.1 Å². The molecular weight excluding hydrogens is 236 g/mol. The summed E-state index contributed by atoms with van der Waals surface area (Å²) >= 11 is 6.10. The molecule has 4 nitrogen and oxygen atoms in total. The van der Waals surface area contributed by atoms with E-state index in [-0.39, 0.29) is 5.41 Å². The van der Waals surface area contributed by atoms with Crippen molar-refractivity contribution in [2.24, 2.45) is 0 Å². The number of hydrogen-bond donors (Lipinski definition) is 0. The molecule has 0 aromatic carbocycles. The van der Waals surface area contributed by atoms with Crippen LogP contribution in [0, 0.1) is 6.92 Å². The van der Waals surface area contributed by atoms with Gasteiger partial charge in [-0.1, -0.05) is 20.8 Å². The molecule has 0 aliphatic rings. The molecule has 2 aromatic heterocycles. The molecule has 5 heteroatoms. The van der Waals surface area contributed by atoms with Crippen LogP contribution in [-0.4, -0.2) is 19.7 Å². The van der Waals surface area contributed by atoms with E-state index < -0.39 is 0 Å². The summed E-state index contributed by atoms with van der Waals surface area (Å²) in [6.45, 7) is 8.22. The van der Waals surface area contributed by atoms with E-state index in [1.165, 1.54) is 0 Å². The number of aromatic nitrogens is 4. The molecule has 0 saturated heterocycles. The van der Waals surface area contributed by atoms with Crippen LogP contribution in [0.2, 0.25) is 5.28 Å². The fraction of sp³-hybridized carbons (Fsp3) is 0.417. The molecule has 0 radical (unpaired) electrons. The van der Waals surface area contributed by atoms with Crippen LogP contribution in [-0.2, 0) is 5.41 Å². The predicted octanol–water partition coefficient (Wildman–Crippen LogP) is 2.92. The number of rotatable bonds is 1. The summed E-state index contributed by atoms with van der Waals surface area (Å²) in [6.07, 6.45) is 3.57. The van der Waals surface area contributed by atoms with Crippen molar-refractivity contribution in [1.29, 1.82) is 0 Å². The first kappa shape index (κ1) is 12.0. The molecule has 0 aliphatic carbocycles. The lowest BCUT2D eigenvalue weighted by Gasteiger charge is -2.18. The number of halogens is 1. The Morgan fingerprint density at radius 1 is 1.18 bits per heavy atom. The first-order valence-corrected chi connectivity index (χ1v) is 5.81. The highest BCUT2D eigenvalue weighted by atomic mass is 35.5. The maximum atomic E-state index is 6.10. The molecule has 0 N–H and O–H groups in total. The van der Waals surface area contributed by atoms with Gasteiger partial charge in [-0.15, -0.1) is 10.2 Å². The lowest BCUT2D eigenvalue weighted by Crippen LogP contribution is -2.18. The summed E-state index contributed by atoms with van der Waals surface area (Å²) < 4.78 is 1.83. The Hall–Kier alpha value is -1.42. The second-order valence-corrected chi connectivity index (χ2v) is 5.44. The summed E-state index contributed by atoms with van der Waals surface area (Å²) in [5.74, 6) is 0.829. The van der Waals surface area contributed by atoms with Gasteiger partial charge < -0.3 is 0 Å². The van der Waals surface area contributed by atoms with E-state index in [9.17, 15) is 0 Å². The van der Waals surface area contributed by atoms with Gasteiger partial charge in [0.2, 0.25) is 5.28 Å². The van der Waals surface area contributed by atoms with Gasteiger partial charge in [0.15, 0.2) is 0 Å². The fourth-order valence-corrected chi connectivity index (χ4v) is 1.86. The molecule has 0 saturated carbocycles. The molecule has 0 unspecified atom stereocenters. The summed E-state index contributed by atoms with van der Waals surface area (Å²) in [5, 5.41) is 8.45. The molecular formula is C12H15ClN4. The van der Waals surface area contributed by atoms with Gasteiger partial charge >= 0.3 is 0 Å². The molecule has 2 rings (SSSR count). The lowest BCUT2D eigenvalue weighted by molar-refractivity contribution is 0.533. The van der Waals surface area contributed by atoms with E-state index in [1.807, 2.05) is 17.6 Å². The molecule has 0 spiro atoms. The average molecular weight is 251 g/mol. The van der Waals surface area contributed by atoms with Crippen molar-refractivity contribution < 1.29 is 0 Å². The van der Waals surface area contributed by atoms with Crippen molar-refractivity contribution in [2.75, 3.05) is 0 Å². The highest BCUT2D eigenvalue weighted by molar-refractivity contribution is 6.28. The minimum atomic E-state index is -0.121. The van der Waals surface area contributed by atoms with Crippen molar-refractivity contribution >= 4 is 11.6 Å². The normalized spacial score (nSPS) is 11.8. The Balaban J connectivity index is 2.63. The second-order valence-electron chi connectivity index (χ2n) is 5.10. The SMILES string of the molecule is Cc1cncc(-n2c(Cl)nnc2C(C)(C)C)c1. The molecule has 0 atom stereocenters. The van der Waals surface area contributed by atoms with E-state index in [4.69, 9.17) is 11.6 Å². The Bertz CT molecular complexity index is 540. The first-order chi connectivity index (χ1) is 7.89. The summed E-state index contributed by atoms with van der Waals surface area (Å²) in [5.41, 5.74) is 1.85. The van der Waals surface area contributed by atoms with Crippen LogP contribution in [0.1, 0.15) is 32.2 Å². The quantitative estimate of drug-likeness (QED) is 0.782. The largest absolute Gasteiger partial charge is 0.268 e. The zero-order valence-corrected chi connectivity index (χ0v) is 11.2. The molecule has 2 aromatic rings. The molecule has 2 heterocycles. The summed E-state index contributed by atoms with van der Waals surface area (Å²) in [4.78, 5) is 4.17. The molecule has 0 fully saturated rings. The zero-order valence-electron chi connectivity index (χ0n) is 10.4. The van der Waals surface area contributed by atoms with Crippen LogP contribution in [0.3, 0.4) is 0 Å². The van der Waals surface area contributed by atoms with E-state index in [2.05, 4.69) is 36.0 Å². The van der Waals surface area contributed by atoms with Gasteiger partial charge in [0, 0.05) is 11.6 Å². The van der Waals surface area contributed by atoms with Crippen molar-refractivity contribution in [3.05, 3.63) is 35.1 Å². The van der Waals surface area contributed by atoms with Gasteiger partial charge in [0.05, 0.1) is 11.9 Å². The van der Waals surface area contributed by atoms with Gasteiger partial charge in [0.1, 0.15) is 5.82 Å². The maximum absolute atomic E-state index is 6.10. The zero-order chi connectivity index (χ0) is 12.6. The number of hydrogen-bond acceptors (Lipinski definition) is 3. The van der Waals surface area contributed by atoms with Crippen molar-refractivity contribution in [1.82, 2.24) is 19.7 Å². The first-order valence-electron chi connectivity index (χ1n) is 5.43. The minimum absolute atomic E-state index is 0.121. The minimum Gasteiger partial charge on any atom is -0.268 e.